The molecule has 364 valence electrons. The molecule has 0 amide bonds. The van der Waals surface area contributed by atoms with E-state index in [2.05, 4.69) is 62.4 Å². The fourth-order valence-corrected chi connectivity index (χ4v) is 7.91. The van der Waals surface area contributed by atoms with Crippen LogP contribution in [-0.2, 0) is 51.3 Å². The first kappa shape index (κ1) is 62.8. The summed E-state index contributed by atoms with van der Waals surface area (Å²) in [6.07, 6.45) is 27.4. The Bertz CT molecular complexity index is 1320. The van der Waals surface area contributed by atoms with Gasteiger partial charge in [0, 0.05) is 25.8 Å². The third kappa shape index (κ3) is 40.6. The fourth-order valence-electron chi connectivity index (χ4n) is 7.91. The van der Waals surface area contributed by atoms with Crippen LogP contribution in [0.5, 0.6) is 0 Å². The number of carbonyl (C=O) groups excluding carboxylic acids is 4. The maximum atomic E-state index is 11.2. The molecule has 0 N–H and O–H groups in total. The fraction of sp³-hybridized carbons (Fsp3) is 0.704. The third-order valence-corrected chi connectivity index (χ3v) is 11.5. The van der Waals surface area contributed by atoms with E-state index in [0.29, 0.717) is 51.1 Å². The molecular formula is C54H86BaO10. The first-order chi connectivity index (χ1) is 31.0. The number of ether oxygens (including phenoxy) is 4. The summed E-state index contributed by atoms with van der Waals surface area (Å²) in [5.41, 5.74) is 2.47. The Balaban J connectivity index is 0.00000124. The van der Waals surface area contributed by atoms with Gasteiger partial charge >= 0.3 is 60.8 Å². The average molecular weight is 1030 g/mol. The number of carbonyl (C=O) groups is 4. The molecule has 0 saturated carbocycles. The maximum absolute atomic E-state index is 11.2. The number of hydrogen-bond donors (Lipinski definition) is 0. The molecule has 0 heterocycles. The van der Waals surface area contributed by atoms with E-state index in [1.807, 2.05) is 12.1 Å². The molecule has 2 aromatic rings. The largest absolute Gasteiger partial charge is 2.00 e. The molecule has 4 unspecified atom stereocenters. The van der Waals surface area contributed by atoms with Crippen LogP contribution >= 0.6 is 0 Å². The van der Waals surface area contributed by atoms with Crippen molar-refractivity contribution in [2.24, 2.45) is 0 Å². The van der Waals surface area contributed by atoms with Gasteiger partial charge in [-0.15, -0.1) is 0 Å². The van der Waals surface area contributed by atoms with Crippen LogP contribution in [-0.4, -0.2) is 97.2 Å². The number of esters is 2. The molecule has 11 heteroatoms. The molecule has 0 aromatic heterocycles. The Labute approximate surface area is 434 Å². The van der Waals surface area contributed by atoms with Gasteiger partial charge in [-0.2, -0.15) is 0 Å². The molecule has 0 aliphatic heterocycles. The normalized spacial score (nSPS) is 12.7. The van der Waals surface area contributed by atoms with Gasteiger partial charge in [-0.3, -0.25) is 9.59 Å². The molecule has 10 nitrogen and oxygen atoms in total. The van der Waals surface area contributed by atoms with Crippen LogP contribution in [0.4, 0.5) is 0 Å². The molecule has 0 bridgehead atoms. The van der Waals surface area contributed by atoms with Gasteiger partial charge in [-0.25, -0.2) is 0 Å². The summed E-state index contributed by atoms with van der Waals surface area (Å²) in [7, 11) is 0. The Morgan fingerprint density at radius 2 is 0.692 bits per heavy atom. The molecule has 4 atom stereocenters. The van der Waals surface area contributed by atoms with Gasteiger partial charge in [-0.1, -0.05) is 164 Å². The number of unbranched alkanes of at least 4 members (excludes halogenated alkanes) is 12. The van der Waals surface area contributed by atoms with E-state index in [1.165, 1.54) is 102 Å². The van der Waals surface area contributed by atoms with Crippen LogP contribution in [0, 0.1) is 0 Å². The number of carboxylic acid groups (broad SMARTS) is 2. The first-order valence-electron chi connectivity index (χ1n) is 25.1. The van der Waals surface area contributed by atoms with Gasteiger partial charge < -0.3 is 38.7 Å². The van der Waals surface area contributed by atoms with Crippen molar-refractivity contribution in [2.45, 2.75) is 245 Å². The molecular weight excluding hydrogens is 946 g/mol. The zero-order valence-electron chi connectivity index (χ0n) is 41.1. The van der Waals surface area contributed by atoms with Gasteiger partial charge in [-0.05, 0) is 101 Å². The van der Waals surface area contributed by atoms with E-state index in [0.717, 1.165) is 64.2 Å². The molecule has 2 rings (SSSR count). The molecule has 0 radical (unpaired) electrons. The number of aliphatic carboxylic acids is 2. The summed E-state index contributed by atoms with van der Waals surface area (Å²) in [6.45, 7) is 8.66. The predicted octanol–water partition coefficient (Wildman–Crippen LogP) is 11.1. The van der Waals surface area contributed by atoms with Crippen molar-refractivity contribution in [2.75, 3.05) is 0 Å². The van der Waals surface area contributed by atoms with Gasteiger partial charge in [0.25, 0.3) is 0 Å². The maximum Gasteiger partial charge on any atom is 2.00 e. The second-order valence-corrected chi connectivity index (χ2v) is 17.5. The zero-order chi connectivity index (χ0) is 46.9. The average Bonchev–Trinajstić information content (AvgIpc) is 3.26. The SMILES string of the molecule is CCCCC(CCCCCCCCC(CCCC(=O)[O-])OC(C)=O)OCc1ccccc1.CCCCC(CCCCCCCCC(CCCC(=O)[O-])OC(C)=O)OCc1ccccc1.[Ba+2]. The van der Waals surface area contributed by atoms with E-state index in [4.69, 9.17) is 18.9 Å². The van der Waals surface area contributed by atoms with Crippen LogP contribution in [0.3, 0.4) is 0 Å². The Hall–Kier alpha value is -2.19. The van der Waals surface area contributed by atoms with Crippen LogP contribution in [0.25, 0.3) is 0 Å². The van der Waals surface area contributed by atoms with Crippen molar-refractivity contribution in [3.05, 3.63) is 71.8 Å². The summed E-state index contributed by atoms with van der Waals surface area (Å²) in [4.78, 5) is 43.6. The van der Waals surface area contributed by atoms with E-state index >= 15 is 0 Å². The standard InChI is InChI=1S/2C27H44O5.Ba/c2*1-3-4-17-25(31-22-24-15-10-9-11-16-24)18-12-7-5-6-8-13-19-26(32-23(2)28)20-14-21-27(29)30;/h2*9-11,15-16,25-26H,3-8,12-14,17-22H2,1-2H3,(H,29,30);/q;;+2/p-2. The topological polar surface area (TPSA) is 151 Å². The number of rotatable bonds is 40. The van der Waals surface area contributed by atoms with Crippen LogP contribution in [0.2, 0.25) is 0 Å². The monoisotopic (exact) mass is 1030 g/mol. The summed E-state index contributed by atoms with van der Waals surface area (Å²) in [5, 5.41) is 21.1. The molecule has 65 heavy (non-hydrogen) atoms. The van der Waals surface area contributed by atoms with Crippen molar-refractivity contribution in [1.29, 1.82) is 0 Å². The van der Waals surface area contributed by atoms with Crippen molar-refractivity contribution < 1.29 is 48.3 Å². The van der Waals surface area contributed by atoms with Crippen molar-refractivity contribution in [3.8, 4) is 0 Å². The predicted molar refractivity (Wildman–Crippen MR) is 258 cm³/mol. The minimum absolute atomic E-state index is 0. The van der Waals surface area contributed by atoms with Gasteiger partial charge in [0.05, 0.1) is 25.4 Å². The molecule has 0 spiro atoms. The summed E-state index contributed by atoms with van der Waals surface area (Å²) < 4.78 is 23.0. The number of carboxylic acids is 2. The minimum Gasteiger partial charge on any atom is -0.550 e. The summed E-state index contributed by atoms with van der Waals surface area (Å²) >= 11 is 0. The van der Waals surface area contributed by atoms with E-state index in [-0.39, 0.29) is 85.9 Å². The van der Waals surface area contributed by atoms with E-state index < -0.39 is 11.9 Å². The smallest absolute Gasteiger partial charge is 0.550 e. The van der Waals surface area contributed by atoms with Crippen LogP contribution < -0.4 is 10.2 Å². The van der Waals surface area contributed by atoms with E-state index in [1.54, 1.807) is 0 Å². The van der Waals surface area contributed by atoms with Crippen LogP contribution in [0.1, 0.15) is 219 Å². The molecule has 0 aliphatic rings. The molecule has 0 saturated heterocycles. The van der Waals surface area contributed by atoms with Gasteiger partial charge in [0.1, 0.15) is 12.2 Å². The Morgan fingerprint density at radius 1 is 0.415 bits per heavy atom. The van der Waals surface area contributed by atoms with Crippen molar-refractivity contribution >= 4 is 72.8 Å². The minimum atomic E-state index is -1.05. The zero-order valence-corrected chi connectivity index (χ0v) is 45.5. The summed E-state index contributed by atoms with van der Waals surface area (Å²) in [5.74, 6) is -2.69. The van der Waals surface area contributed by atoms with Gasteiger partial charge in [0.2, 0.25) is 0 Å². The van der Waals surface area contributed by atoms with Crippen molar-refractivity contribution in [3.63, 3.8) is 0 Å². The number of hydrogen-bond acceptors (Lipinski definition) is 10. The van der Waals surface area contributed by atoms with E-state index in [9.17, 15) is 29.4 Å². The Kier molecular flexibility index (Phi) is 42.8. The summed E-state index contributed by atoms with van der Waals surface area (Å²) in [6, 6.07) is 20.8. The Morgan fingerprint density at radius 3 is 0.985 bits per heavy atom. The van der Waals surface area contributed by atoms with Gasteiger partial charge in [0.15, 0.2) is 0 Å². The quantitative estimate of drug-likeness (QED) is 0.0358. The molecule has 2 aromatic carbocycles. The first-order valence-corrected chi connectivity index (χ1v) is 25.1. The number of benzene rings is 2. The molecule has 0 fully saturated rings. The third-order valence-electron chi connectivity index (χ3n) is 11.5. The molecule has 0 aliphatic carbocycles. The van der Waals surface area contributed by atoms with Crippen LogP contribution in [0.15, 0.2) is 60.7 Å². The second-order valence-electron chi connectivity index (χ2n) is 17.5. The second kappa shape index (κ2) is 44.3. The van der Waals surface area contributed by atoms with Crippen molar-refractivity contribution in [1.82, 2.24) is 0 Å².